The van der Waals surface area contributed by atoms with Crippen LogP contribution in [0.15, 0.2) is 34.7 Å². The van der Waals surface area contributed by atoms with E-state index in [1.54, 1.807) is 18.3 Å². The van der Waals surface area contributed by atoms with Gasteiger partial charge in [-0.05, 0) is 12.5 Å². The van der Waals surface area contributed by atoms with Gasteiger partial charge in [0.05, 0.1) is 11.9 Å². The fourth-order valence-electron chi connectivity index (χ4n) is 1.43. The highest BCUT2D eigenvalue weighted by atomic mass is 32.1. The van der Waals surface area contributed by atoms with E-state index < -0.39 is 5.92 Å². The molecule has 1 aromatic heterocycles. The van der Waals surface area contributed by atoms with Gasteiger partial charge in [-0.15, -0.1) is 11.3 Å². The van der Waals surface area contributed by atoms with E-state index >= 15 is 0 Å². The summed E-state index contributed by atoms with van der Waals surface area (Å²) in [7, 11) is 0. The molecule has 2 rings (SSSR count). The highest BCUT2D eigenvalue weighted by Gasteiger charge is 2.23. The van der Waals surface area contributed by atoms with Crippen molar-refractivity contribution in [3.63, 3.8) is 0 Å². The molecule has 2 aromatic rings. The van der Waals surface area contributed by atoms with Crippen LogP contribution in [0, 0.1) is 6.92 Å². The molecule has 19 heavy (non-hydrogen) atoms. The quantitative estimate of drug-likeness (QED) is 0.679. The minimum absolute atomic E-state index is 0.00634. The van der Waals surface area contributed by atoms with Gasteiger partial charge >= 0.3 is 0 Å². The highest BCUT2D eigenvalue weighted by Crippen LogP contribution is 2.26. The van der Waals surface area contributed by atoms with Crippen molar-refractivity contribution in [3.8, 4) is 0 Å². The molecule has 1 N–H and O–H groups in total. The van der Waals surface area contributed by atoms with E-state index in [1.807, 2.05) is 12.3 Å². The Hall–Kier alpha value is -1.82. The third kappa shape index (κ3) is 3.82. The number of anilines is 1. The Kier molecular flexibility index (Phi) is 3.90. The highest BCUT2D eigenvalue weighted by molar-refractivity contribution is 7.13. The van der Waals surface area contributed by atoms with Crippen LogP contribution >= 0.6 is 11.3 Å². The molecule has 0 unspecified atom stereocenters. The van der Waals surface area contributed by atoms with Crippen LogP contribution in [0.4, 0.5) is 13.9 Å². The van der Waals surface area contributed by atoms with Gasteiger partial charge in [0.25, 0.3) is 5.92 Å². The number of rotatable bonds is 4. The number of hydrogen-bond acceptors (Lipinski definition) is 4. The van der Waals surface area contributed by atoms with E-state index in [4.69, 9.17) is 0 Å². The summed E-state index contributed by atoms with van der Waals surface area (Å²) in [4.78, 5) is 4.18. The lowest BCUT2D eigenvalue weighted by Crippen LogP contribution is -2.06. The number of aromatic nitrogens is 1. The first-order valence-corrected chi connectivity index (χ1v) is 6.53. The maximum atomic E-state index is 13.0. The maximum Gasteiger partial charge on any atom is 0.270 e. The Labute approximate surface area is 114 Å². The minimum Gasteiger partial charge on any atom is -0.253 e. The number of thiazole rings is 1. The molecule has 3 nitrogen and oxygen atoms in total. The predicted molar refractivity (Wildman–Crippen MR) is 74.1 cm³/mol. The molecule has 0 bridgehead atoms. The largest absolute Gasteiger partial charge is 0.270 e. The molecular formula is C13H13F2N3S. The molecular weight excluding hydrogens is 268 g/mol. The number of aryl methyl sites for hydroxylation is 1. The van der Waals surface area contributed by atoms with Crippen molar-refractivity contribution in [3.05, 3.63) is 46.5 Å². The van der Waals surface area contributed by atoms with Gasteiger partial charge in [0, 0.05) is 17.9 Å². The number of nitrogens with zero attached hydrogens (tertiary/aromatic N) is 2. The van der Waals surface area contributed by atoms with E-state index in [0.717, 1.165) is 18.2 Å². The van der Waals surface area contributed by atoms with Crippen molar-refractivity contribution in [2.75, 3.05) is 5.43 Å². The fourth-order valence-corrected chi connectivity index (χ4v) is 2.07. The monoisotopic (exact) mass is 281 g/mol. The Morgan fingerprint density at radius 2 is 2.00 bits per heavy atom. The number of hydrazone groups is 1. The normalized spacial score (nSPS) is 12.0. The molecule has 0 atom stereocenters. The first-order valence-electron chi connectivity index (χ1n) is 5.65. The van der Waals surface area contributed by atoms with Gasteiger partial charge in [0.1, 0.15) is 0 Å². The standard InChI is InChI=1S/C13H13F2N3S/c1-9-8-19-12(17-9)18-16-7-10-3-5-11(6-4-10)13(2,14)15/h3-8H,1-2H3,(H,17,18). The van der Waals surface area contributed by atoms with Crippen molar-refractivity contribution < 1.29 is 8.78 Å². The molecule has 6 heteroatoms. The van der Waals surface area contributed by atoms with Crippen LogP contribution in [0.2, 0.25) is 0 Å². The molecule has 0 fully saturated rings. The van der Waals surface area contributed by atoms with E-state index in [1.165, 1.54) is 23.5 Å². The molecule has 0 aliphatic heterocycles. The Morgan fingerprint density at radius 3 is 2.53 bits per heavy atom. The Morgan fingerprint density at radius 1 is 1.32 bits per heavy atom. The molecule has 0 amide bonds. The molecule has 0 spiro atoms. The molecule has 0 aliphatic carbocycles. The topological polar surface area (TPSA) is 37.3 Å². The van der Waals surface area contributed by atoms with Gasteiger partial charge in [-0.2, -0.15) is 5.10 Å². The van der Waals surface area contributed by atoms with E-state index in [-0.39, 0.29) is 5.56 Å². The van der Waals surface area contributed by atoms with Gasteiger partial charge in [-0.25, -0.2) is 13.8 Å². The lowest BCUT2D eigenvalue weighted by Gasteiger charge is -2.09. The zero-order chi connectivity index (χ0) is 13.9. The maximum absolute atomic E-state index is 13.0. The molecule has 0 saturated carbocycles. The van der Waals surface area contributed by atoms with Crippen LogP contribution in [0.1, 0.15) is 23.7 Å². The Bertz CT molecular complexity index is 570. The van der Waals surface area contributed by atoms with E-state index in [9.17, 15) is 8.78 Å². The number of hydrogen-bond donors (Lipinski definition) is 1. The van der Waals surface area contributed by atoms with Crippen molar-refractivity contribution >= 4 is 22.7 Å². The summed E-state index contributed by atoms with van der Waals surface area (Å²) in [5.41, 5.74) is 4.45. The second-order valence-electron chi connectivity index (χ2n) is 4.17. The summed E-state index contributed by atoms with van der Waals surface area (Å²) < 4.78 is 26.0. The summed E-state index contributed by atoms with van der Waals surface area (Å²) >= 11 is 1.46. The second-order valence-corrected chi connectivity index (χ2v) is 5.03. The summed E-state index contributed by atoms with van der Waals surface area (Å²) in [5.74, 6) is -2.81. The number of nitrogens with one attached hydrogen (secondary N) is 1. The molecule has 1 aromatic carbocycles. The first kappa shape index (κ1) is 13.6. The zero-order valence-electron chi connectivity index (χ0n) is 10.5. The van der Waals surface area contributed by atoms with Gasteiger partial charge < -0.3 is 0 Å². The lowest BCUT2D eigenvalue weighted by molar-refractivity contribution is 0.0175. The molecule has 0 radical (unpaired) electrons. The van der Waals surface area contributed by atoms with Crippen molar-refractivity contribution in [2.45, 2.75) is 19.8 Å². The predicted octanol–water partition coefficient (Wildman–Crippen LogP) is 4.01. The summed E-state index contributed by atoms with van der Waals surface area (Å²) in [6.07, 6.45) is 1.56. The lowest BCUT2D eigenvalue weighted by atomic mass is 10.1. The number of alkyl halides is 2. The van der Waals surface area contributed by atoms with Gasteiger partial charge in [0.15, 0.2) is 0 Å². The molecule has 0 aliphatic rings. The zero-order valence-corrected chi connectivity index (χ0v) is 11.3. The Balaban J connectivity index is 1.99. The summed E-state index contributed by atoms with van der Waals surface area (Å²) in [5, 5.41) is 6.61. The summed E-state index contributed by atoms with van der Waals surface area (Å²) in [6, 6.07) is 6.00. The van der Waals surface area contributed by atoms with Crippen molar-refractivity contribution in [1.82, 2.24) is 4.98 Å². The van der Waals surface area contributed by atoms with Crippen LogP contribution in [0.25, 0.3) is 0 Å². The van der Waals surface area contributed by atoms with E-state index in [2.05, 4.69) is 15.5 Å². The second kappa shape index (κ2) is 5.44. The van der Waals surface area contributed by atoms with Gasteiger partial charge in [-0.3, -0.25) is 5.43 Å². The van der Waals surface area contributed by atoms with Crippen LogP contribution in [0.5, 0.6) is 0 Å². The van der Waals surface area contributed by atoms with Crippen molar-refractivity contribution in [2.24, 2.45) is 5.10 Å². The summed E-state index contributed by atoms with van der Waals surface area (Å²) in [6.45, 7) is 2.78. The van der Waals surface area contributed by atoms with Crippen LogP contribution in [-0.2, 0) is 5.92 Å². The third-order valence-corrected chi connectivity index (χ3v) is 3.28. The number of halogens is 2. The smallest absolute Gasteiger partial charge is 0.253 e. The fraction of sp³-hybridized carbons (Fsp3) is 0.231. The SMILES string of the molecule is Cc1csc(NN=Cc2ccc(C(C)(F)F)cc2)n1. The van der Waals surface area contributed by atoms with Gasteiger partial charge in [-0.1, -0.05) is 24.3 Å². The van der Waals surface area contributed by atoms with Crippen molar-refractivity contribution in [1.29, 1.82) is 0 Å². The number of benzene rings is 1. The molecule has 0 saturated heterocycles. The average Bonchev–Trinajstić information content (AvgIpc) is 2.75. The third-order valence-electron chi connectivity index (χ3n) is 2.41. The molecule has 1 heterocycles. The van der Waals surface area contributed by atoms with Gasteiger partial charge in [0.2, 0.25) is 5.13 Å². The molecule has 100 valence electrons. The van der Waals surface area contributed by atoms with Crippen LogP contribution in [-0.4, -0.2) is 11.2 Å². The minimum atomic E-state index is -2.81. The average molecular weight is 281 g/mol. The van der Waals surface area contributed by atoms with Crippen LogP contribution in [0.3, 0.4) is 0 Å². The van der Waals surface area contributed by atoms with Crippen LogP contribution < -0.4 is 5.43 Å². The first-order chi connectivity index (χ1) is 8.95. The van der Waals surface area contributed by atoms with E-state index in [0.29, 0.717) is 5.13 Å².